The summed E-state index contributed by atoms with van der Waals surface area (Å²) in [5.74, 6) is -1.76. The molecular weight excluding hydrogens is 928 g/mol. The van der Waals surface area contributed by atoms with Crippen LogP contribution < -0.4 is 26.6 Å². The lowest BCUT2D eigenvalue weighted by Gasteiger charge is -2.44. The number of anilines is 1. The van der Waals surface area contributed by atoms with Crippen molar-refractivity contribution in [2.45, 2.75) is 120 Å². The summed E-state index contributed by atoms with van der Waals surface area (Å²) in [4.78, 5) is 95.9. The number of hydrogen-bond acceptors (Lipinski definition) is 13. The number of nitrogens with zero attached hydrogens (tertiary/aromatic N) is 6. The number of carbonyl (C=O) groups is 6. The average Bonchev–Trinajstić information content (AvgIpc) is 3.84. The van der Waals surface area contributed by atoms with Crippen molar-refractivity contribution in [1.82, 2.24) is 50.9 Å². The van der Waals surface area contributed by atoms with Crippen molar-refractivity contribution in [3.8, 4) is 0 Å². The molecule has 6 amide bonds. The molecule has 19 nitrogen and oxygen atoms in total. The zero-order valence-corrected chi connectivity index (χ0v) is 40.7. The Morgan fingerprint density at radius 1 is 0.887 bits per heavy atom. The first-order chi connectivity index (χ1) is 34.0. The van der Waals surface area contributed by atoms with E-state index in [1.54, 1.807) is 35.3 Å². The van der Waals surface area contributed by atoms with E-state index in [1.165, 1.54) is 12.4 Å². The summed E-state index contributed by atoms with van der Waals surface area (Å²) in [6, 6.07) is 5.38. The minimum atomic E-state index is -4.56. The molecule has 4 aliphatic rings. The highest BCUT2D eigenvalue weighted by Crippen LogP contribution is 2.37. The van der Waals surface area contributed by atoms with Crippen LogP contribution in [0.25, 0.3) is 10.9 Å². The molecule has 1 aromatic carbocycles. The number of halogens is 3. The van der Waals surface area contributed by atoms with Crippen LogP contribution in [0, 0.1) is 11.8 Å². The quantitative estimate of drug-likeness (QED) is 0.0914. The minimum absolute atomic E-state index is 0.0464. The summed E-state index contributed by atoms with van der Waals surface area (Å²) in [7, 11) is 3.73. The van der Waals surface area contributed by atoms with Gasteiger partial charge in [0.2, 0.25) is 35.4 Å². The van der Waals surface area contributed by atoms with E-state index in [0.717, 1.165) is 24.1 Å². The van der Waals surface area contributed by atoms with Gasteiger partial charge in [-0.2, -0.15) is 13.2 Å². The van der Waals surface area contributed by atoms with E-state index in [4.69, 9.17) is 9.47 Å². The minimum Gasteiger partial charge on any atom is -0.380 e. The van der Waals surface area contributed by atoms with E-state index in [0.29, 0.717) is 50.7 Å². The molecule has 6 atom stereocenters. The fourth-order valence-corrected chi connectivity index (χ4v) is 10.1. The molecular formula is C49H66F3N11O8. The molecule has 386 valence electrons. The average molecular weight is 994 g/mol. The summed E-state index contributed by atoms with van der Waals surface area (Å²) >= 11 is 0. The fourth-order valence-electron chi connectivity index (χ4n) is 10.1. The van der Waals surface area contributed by atoms with Crippen molar-refractivity contribution >= 4 is 52.2 Å². The van der Waals surface area contributed by atoms with E-state index >= 15 is 0 Å². The number of fused-ring (bicyclic) bond motifs is 1. The number of carbonyl (C=O) groups excluding carboxylic acids is 6. The van der Waals surface area contributed by atoms with Gasteiger partial charge in [0.25, 0.3) is 0 Å². The summed E-state index contributed by atoms with van der Waals surface area (Å²) < 4.78 is 51.9. The van der Waals surface area contributed by atoms with Gasteiger partial charge < -0.3 is 50.8 Å². The third-order valence-electron chi connectivity index (χ3n) is 14.3. The molecule has 0 bridgehead atoms. The zero-order chi connectivity index (χ0) is 50.8. The number of pyridine rings is 1. The molecule has 0 spiro atoms. The van der Waals surface area contributed by atoms with Crippen LogP contribution in [0.15, 0.2) is 49.1 Å². The molecule has 4 heterocycles. The highest BCUT2D eigenvalue weighted by Gasteiger charge is 2.45. The molecule has 2 aromatic heterocycles. The van der Waals surface area contributed by atoms with Crippen LogP contribution in [-0.2, 0) is 44.4 Å². The van der Waals surface area contributed by atoms with E-state index < -0.39 is 23.7 Å². The molecule has 7 rings (SSSR count). The van der Waals surface area contributed by atoms with Crippen molar-refractivity contribution < 1.29 is 51.4 Å². The first kappa shape index (κ1) is 52.8. The third-order valence-corrected chi connectivity index (χ3v) is 14.3. The third kappa shape index (κ3) is 13.5. The second kappa shape index (κ2) is 23.9. The Kier molecular flexibility index (Phi) is 17.8. The highest BCUT2D eigenvalue weighted by atomic mass is 19.4. The van der Waals surface area contributed by atoms with Gasteiger partial charge in [-0.25, -0.2) is 9.97 Å². The molecule has 22 heteroatoms. The Balaban J connectivity index is 0.765. The molecule has 2 aliphatic carbocycles. The number of alkyl halides is 3. The lowest BCUT2D eigenvalue weighted by Crippen LogP contribution is -2.58. The van der Waals surface area contributed by atoms with Gasteiger partial charge >= 0.3 is 6.18 Å². The molecule has 2 aliphatic heterocycles. The van der Waals surface area contributed by atoms with Crippen molar-refractivity contribution in [1.29, 1.82) is 0 Å². The monoisotopic (exact) mass is 994 g/mol. The Morgan fingerprint density at radius 3 is 2.28 bits per heavy atom. The van der Waals surface area contributed by atoms with E-state index in [1.807, 2.05) is 13.1 Å². The fraction of sp³-hybridized carbons (Fsp3) is 0.612. The van der Waals surface area contributed by atoms with Crippen LogP contribution in [0.3, 0.4) is 0 Å². The number of benzene rings is 1. The SMILES string of the molecule is CC(C)N(C)[C@@H]1CC[C@H](N2CC[C@H](Nc3ncnc4ccc(C(F)(F)F)cc34)C2=O)[C@H](NC(=O)CCOCCC(=O)N[C@H]2C[C@@H](C(=O)NCCOCCNC(=O)[C@H]3CC(=O)N(C)[C@@H]3c3cccnc3)C2)C1. The zero-order valence-electron chi connectivity index (χ0n) is 40.7. The number of aromatic nitrogens is 3. The first-order valence-corrected chi connectivity index (χ1v) is 24.5. The number of amides is 6. The molecule has 4 fully saturated rings. The topological polar surface area (TPSA) is 229 Å². The highest BCUT2D eigenvalue weighted by molar-refractivity contribution is 5.93. The molecule has 5 N–H and O–H groups in total. The Bertz CT molecular complexity index is 2360. The normalized spacial score (nSPS) is 24.6. The van der Waals surface area contributed by atoms with Gasteiger partial charge in [0.1, 0.15) is 18.2 Å². The van der Waals surface area contributed by atoms with Gasteiger partial charge in [-0.3, -0.25) is 33.8 Å². The van der Waals surface area contributed by atoms with Crippen LogP contribution in [0.4, 0.5) is 19.0 Å². The van der Waals surface area contributed by atoms with Crippen molar-refractivity contribution in [3.63, 3.8) is 0 Å². The molecule has 3 aromatic rings. The van der Waals surface area contributed by atoms with Crippen LogP contribution in [0.5, 0.6) is 0 Å². The van der Waals surface area contributed by atoms with Crippen LogP contribution in [-0.4, -0.2) is 162 Å². The molecule has 0 radical (unpaired) electrons. The molecule has 2 saturated carbocycles. The van der Waals surface area contributed by atoms with Crippen molar-refractivity contribution in [2.75, 3.05) is 65.5 Å². The van der Waals surface area contributed by atoms with Gasteiger partial charge in [-0.05, 0) is 89.2 Å². The second-order valence-electron chi connectivity index (χ2n) is 19.2. The molecule has 71 heavy (non-hydrogen) atoms. The molecule has 2 saturated heterocycles. The van der Waals surface area contributed by atoms with Crippen molar-refractivity contribution in [3.05, 3.63) is 60.2 Å². The number of hydrogen-bond donors (Lipinski definition) is 5. The van der Waals surface area contributed by atoms with Crippen molar-refractivity contribution in [2.24, 2.45) is 11.8 Å². The van der Waals surface area contributed by atoms with Gasteiger partial charge in [-0.1, -0.05) is 6.07 Å². The Labute approximate surface area is 411 Å². The first-order valence-electron chi connectivity index (χ1n) is 24.5. The van der Waals surface area contributed by atoms with Crippen LogP contribution in [0.1, 0.15) is 88.8 Å². The van der Waals surface area contributed by atoms with Gasteiger partial charge in [0.15, 0.2) is 0 Å². The predicted molar refractivity (Wildman–Crippen MR) is 254 cm³/mol. The maximum Gasteiger partial charge on any atom is 0.416 e. The van der Waals surface area contributed by atoms with E-state index in [2.05, 4.69) is 60.3 Å². The van der Waals surface area contributed by atoms with Gasteiger partial charge in [0.05, 0.1) is 61.6 Å². The summed E-state index contributed by atoms with van der Waals surface area (Å²) in [6.45, 7) is 5.83. The number of likely N-dealkylation sites (tertiary alicyclic amines) is 2. The number of rotatable bonds is 22. The van der Waals surface area contributed by atoms with Gasteiger partial charge in [0, 0.05) is 87.8 Å². The van der Waals surface area contributed by atoms with E-state index in [-0.39, 0.29) is 141 Å². The molecule has 0 unspecified atom stereocenters. The number of nitrogens with one attached hydrogen (secondary N) is 5. The van der Waals surface area contributed by atoms with E-state index in [9.17, 15) is 41.9 Å². The van der Waals surface area contributed by atoms with Crippen LogP contribution in [0.2, 0.25) is 0 Å². The lowest BCUT2D eigenvalue weighted by molar-refractivity contribution is -0.137. The summed E-state index contributed by atoms with van der Waals surface area (Å²) in [5, 5.41) is 15.0. The van der Waals surface area contributed by atoms with Crippen LogP contribution >= 0.6 is 0 Å². The maximum absolute atomic E-state index is 13.9. The summed E-state index contributed by atoms with van der Waals surface area (Å²) in [6.07, 6.45) is 3.73. The predicted octanol–water partition coefficient (Wildman–Crippen LogP) is 2.96. The smallest absolute Gasteiger partial charge is 0.380 e. The summed E-state index contributed by atoms with van der Waals surface area (Å²) in [5.41, 5.74) is 0.275. The van der Waals surface area contributed by atoms with Gasteiger partial charge in [-0.15, -0.1) is 0 Å². The Hall–Kier alpha value is -6.00. The largest absolute Gasteiger partial charge is 0.416 e. The standard InChI is InChI=1S/C49H66F3N11O8/c1-29(2)61(3)34-8-10-40(63-17-11-38(48(63)69)60-45-35-24-32(49(50,51)52)7-9-37(35)56-28-57-45)39(25-34)59-42(65)13-19-70-18-12-41(64)58-33-22-31(23-33)46(67)54-15-20-71-21-16-55-47(68)36-26-43(66)62(4)44(36)30-6-5-14-53-27-30/h5-7,9,14,24,27-29,31,33-34,36,38-40,44H,8,10-13,15-23,25-26H2,1-4H3,(H,54,67)(H,55,68)(H,58,64)(H,59,65)(H,56,57,60)/t31-,33+,34-,36+,38+,39-,40+,44-/m1/s1. The lowest BCUT2D eigenvalue weighted by atomic mass is 9.79. The number of ether oxygens (including phenoxy) is 2. The Morgan fingerprint density at radius 2 is 1.59 bits per heavy atom. The second-order valence-corrected chi connectivity index (χ2v) is 19.2. The maximum atomic E-state index is 13.9.